The lowest BCUT2D eigenvalue weighted by atomic mass is 9.99. The van der Waals surface area contributed by atoms with Gasteiger partial charge in [-0.05, 0) is 32.2 Å². The Labute approximate surface area is 127 Å². The maximum Gasteiger partial charge on any atom is 0.147 e. The summed E-state index contributed by atoms with van der Waals surface area (Å²) in [6.45, 7) is 9.21. The van der Waals surface area contributed by atoms with Gasteiger partial charge in [-0.2, -0.15) is 5.10 Å². The van der Waals surface area contributed by atoms with Crippen LogP contribution in [0.15, 0.2) is 18.9 Å². The smallest absolute Gasteiger partial charge is 0.147 e. The predicted molar refractivity (Wildman–Crippen MR) is 84.9 cm³/mol. The van der Waals surface area contributed by atoms with Crippen molar-refractivity contribution in [3.8, 4) is 0 Å². The van der Waals surface area contributed by atoms with Gasteiger partial charge in [-0.25, -0.2) is 8.42 Å². The van der Waals surface area contributed by atoms with Crippen LogP contribution in [0.3, 0.4) is 0 Å². The van der Waals surface area contributed by atoms with Gasteiger partial charge in [0, 0.05) is 31.1 Å². The lowest BCUT2D eigenvalue weighted by Crippen LogP contribution is -2.37. The van der Waals surface area contributed by atoms with Crippen LogP contribution in [-0.4, -0.2) is 48.2 Å². The first kappa shape index (κ1) is 16.2. The molecule has 1 saturated heterocycles. The number of rotatable bonds is 6. The average molecular weight is 311 g/mol. The molecule has 0 amide bonds. The van der Waals surface area contributed by atoms with Crippen molar-refractivity contribution in [3.63, 3.8) is 0 Å². The average Bonchev–Trinajstić information content (AvgIpc) is 2.68. The molecule has 1 aromatic rings. The fourth-order valence-electron chi connectivity index (χ4n) is 3.04. The van der Waals surface area contributed by atoms with E-state index in [0.29, 0.717) is 5.75 Å². The fourth-order valence-corrected chi connectivity index (χ4v) is 4.17. The maximum absolute atomic E-state index is 11.5. The Hall–Kier alpha value is -1.14. The SMILES string of the molecule is C=CCn1cc(CN2CCCC(CS(C)(=O)=O)C2)c(C)n1. The van der Waals surface area contributed by atoms with Crippen LogP contribution in [0.2, 0.25) is 0 Å². The van der Waals surface area contributed by atoms with E-state index in [1.54, 1.807) is 0 Å². The molecule has 0 radical (unpaired) electrons. The van der Waals surface area contributed by atoms with Crippen molar-refractivity contribution < 1.29 is 8.42 Å². The number of nitrogens with zero attached hydrogens (tertiary/aromatic N) is 3. The van der Waals surface area contributed by atoms with Gasteiger partial charge in [0.05, 0.1) is 18.0 Å². The van der Waals surface area contributed by atoms with E-state index in [2.05, 4.69) is 22.8 Å². The molecule has 5 nitrogen and oxygen atoms in total. The lowest BCUT2D eigenvalue weighted by molar-refractivity contribution is 0.177. The van der Waals surface area contributed by atoms with E-state index in [4.69, 9.17) is 0 Å². The van der Waals surface area contributed by atoms with Crippen LogP contribution < -0.4 is 0 Å². The van der Waals surface area contributed by atoms with Crippen LogP contribution in [0.25, 0.3) is 0 Å². The molecule has 21 heavy (non-hydrogen) atoms. The van der Waals surface area contributed by atoms with Gasteiger partial charge in [0.2, 0.25) is 0 Å². The second-order valence-electron chi connectivity index (χ2n) is 6.09. The van der Waals surface area contributed by atoms with Gasteiger partial charge in [-0.3, -0.25) is 9.58 Å². The molecular weight excluding hydrogens is 286 g/mol. The van der Waals surface area contributed by atoms with Crippen LogP contribution in [0.5, 0.6) is 0 Å². The molecular formula is C15H25N3O2S. The molecule has 1 aromatic heterocycles. The lowest BCUT2D eigenvalue weighted by Gasteiger charge is -2.32. The summed E-state index contributed by atoms with van der Waals surface area (Å²) in [5.41, 5.74) is 2.26. The molecule has 0 saturated carbocycles. The molecule has 1 aliphatic rings. The van der Waals surface area contributed by atoms with Gasteiger partial charge in [0.1, 0.15) is 9.84 Å². The van der Waals surface area contributed by atoms with Crippen molar-refractivity contribution >= 4 is 9.84 Å². The molecule has 1 unspecified atom stereocenters. The highest BCUT2D eigenvalue weighted by Gasteiger charge is 2.23. The van der Waals surface area contributed by atoms with Crippen LogP contribution in [-0.2, 0) is 22.9 Å². The molecule has 2 heterocycles. The third-order valence-corrected chi connectivity index (χ3v) is 4.98. The third kappa shape index (κ3) is 4.97. The fraction of sp³-hybridized carbons (Fsp3) is 0.667. The van der Waals surface area contributed by atoms with Crippen molar-refractivity contribution in [1.29, 1.82) is 0 Å². The Morgan fingerprint density at radius 3 is 2.95 bits per heavy atom. The zero-order valence-corrected chi connectivity index (χ0v) is 13.8. The largest absolute Gasteiger partial charge is 0.299 e. The van der Waals surface area contributed by atoms with Crippen molar-refractivity contribution in [1.82, 2.24) is 14.7 Å². The molecule has 0 N–H and O–H groups in total. The number of likely N-dealkylation sites (tertiary alicyclic amines) is 1. The minimum absolute atomic E-state index is 0.261. The highest BCUT2D eigenvalue weighted by molar-refractivity contribution is 7.90. The van der Waals surface area contributed by atoms with E-state index < -0.39 is 9.84 Å². The van der Waals surface area contributed by atoms with Crippen LogP contribution in [0.1, 0.15) is 24.1 Å². The Morgan fingerprint density at radius 2 is 2.29 bits per heavy atom. The summed E-state index contributed by atoms with van der Waals surface area (Å²) in [6.07, 6.45) is 7.31. The second-order valence-corrected chi connectivity index (χ2v) is 8.27. The normalized spacial score (nSPS) is 20.6. The molecule has 1 fully saturated rings. The molecule has 2 rings (SSSR count). The van der Waals surface area contributed by atoms with Crippen LogP contribution in [0, 0.1) is 12.8 Å². The molecule has 0 bridgehead atoms. The van der Waals surface area contributed by atoms with E-state index in [1.165, 1.54) is 11.8 Å². The zero-order chi connectivity index (χ0) is 15.5. The number of hydrogen-bond acceptors (Lipinski definition) is 4. The van der Waals surface area contributed by atoms with Gasteiger partial charge < -0.3 is 0 Å². The van der Waals surface area contributed by atoms with E-state index in [9.17, 15) is 8.42 Å². The zero-order valence-electron chi connectivity index (χ0n) is 13.0. The van der Waals surface area contributed by atoms with Crippen molar-refractivity contribution in [3.05, 3.63) is 30.1 Å². The van der Waals surface area contributed by atoms with Gasteiger partial charge in [0.15, 0.2) is 0 Å². The monoisotopic (exact) mass is 311 g/mol. The standard InChI is InChI=1S/C15H25N3O2S/c1-4-7-18-11-15(13(2)16-18)10-17-8-5-6-14(9-17)12-21(3,19)20/h4,11,14H,1,5-10,12H2,2-3H3. The van der Waals surface area contributed by atoms with Gasteiger partial charge >= 0.3 is 0 Å². The number of allylic oxidation sites excluding steroid dienone is 1. The summed E-state index contributed by atoms with van der Waals surface area (Å²) in [5, 5.41) is 4.47. The van der Waals surface area contributed by atoms with Gasteiger partial charge in [-0.15, -0.1) is 6.58 Å². The minimum Gasteiger partial charge on any atom is -0.299 e. The van der Waals surface area contributed by atoms with Crippen LogP contribution in [0.4, 0.5) is 0 Å². The number of sulfone groups is 1. The molecule has 1 aliphatic heterocycles. The van der Waals surface area contributed by atoms with E-state index >= 15 is 0 Å². The Balaban J connectivity index is 1.97. The number of hydrogen-bond donors (Lipinski definition) is 0. The number of piperidine rings is 1. The van der Waals surface area contributed by atoms with E-state index in [-0.39, 0.29) is 5.92 Å². The summed E-state index contributed by atoms with van der Waals surface area (Å²) in [4.78, 5) is 2.35. The molecule has 0 aromatic carbocycles. The Kier molecular flexibility index (Phi) is 5.22. The Bertz CT molecular complexity index is 592. The van der Waals surface area contributed by atoms with Crippen molar-refractivity contribution in [2.24, 2.45) is 5.92 Å². The molecule has 118 valence electrons. The first-order valence-corrected chi connectivity index (χ1v) is 9.47. The third-order valence-electron chi connectivity index (χ3n) is 3.90. The summed E-state index contributed by atoms with van der Waals surface area (Å²) >= 11 is 0. The van der Waals surface area contributed by atoms with Crippen molar-refractivity contribution in [2.75, 3.05) is 25.1 Å². The number of aryl methyl sites for hydroxylation is 1. The van der Waals surface area contributed by atoms with E-state index in [0.717, 1.165) is 44.7 Å². The summed E-state index contributed by atoms with van der Waals surface area (Å²) < 4.78 is 24.8. The quantitative estimate of drug-likeness (QED) is 0.749. The molecule has 0 aliphatic carbocycles. The maximum atomic E-state index is 11.5. The second kappa shape index (κ2) is 6.75. The van der Waals surface area contributed by atoms with Gasteiger partial charge in [-0.1, -0.05) is 6.08 Å². The number of aromatic nitrogens is 2. The highest BCUT2D eigenvalue weighted by Crippen LogP contribution is 2.20. The minimum atomic E-state index is -2.89. The summed E-state index contributed by atoms with van der Waals surface area (Å²) in [6, 6.07) is 0. The summed E-state index contributed by atoms with van der Waals surface area (Å²) in [5.74, 6) is 0.565. The van der Waals surface area contributed by atoms with E-state index in [1.807, 2.05) is 17.7 Å². The molecule has 6 heteroatoms. The Morgan fingerprint density at radius 1 is 1.52 bits per heavy atom. The van der Waals surface area contributed by atoms with Crippen molar-refractivity contribution in [2.45, 2.75) is 32.9 Å². The predicted octanol–water partition coefficient (Wildman–Crippen LogP) is 1.63. The molecule has 1 atom stereocenters. The first-order chi connectivity index (χ1) is 9.87. The topological polar surface area (TPSA) is 55.2 Å². The van der Waals surface area contributed by atoms with Gasteiger partial charge in [0.25, 0.3) is 0 Å². The highest BCUT2D eigenvalue weighted by atomic mass is 32.2. The molecule has 0 spiro atoms. The first-order valence-electron chi connectivity index (χ1n) is 7.41. The summed E-state index contributed by atoms with van der Waals surface area (Å²) in [7, 11) is -2.89. The van der Waals surface area contributed by atoms with Crippen LogP contribution >= 0.6 is 0 Å².